The molecule has 0 bridgehead atoms. The molecule has 0 fully saturated rings. The zero-order valence-electron chi connectivity index (χ0n) is 15.5. The van der Waals surface area contributed by atoms with Crippen molar-refractivity contribution < 1.29 is 4.90 Å². The smallest absolute Gasteiger partial charge is 0.332 e. The average Bonchev–Trinajstić information content (AvgIpc) is 2.94. The van der Waals surface area contributed by atoms with Gasteiger partial charge in [0.05, 0.1) is 26.2 Å². The third-order valence-electron chi connectivity index (χ3n) is 4.57. The van der Waals surface area contributed by atoms with Crippen LogP contribution in [0.3, 0.4) is 0 Å². The van der Waals surface area contributed by atoms with Crippen LogP contribution in [0.25, 0.3) is 11.2 Å². The van der Waals surface area contributed by atoms with Crippen molar-refractivity contribution in [3.63, 3.8) is 0 Å². The summed E-state index contributed by atoms with van der Waals surface area (Å²) < 4.78 is 4.44. The summed E-state index contributed by atoms with van der Waals surface area (Å²) in [5.74, 6) is 0.643. The zero-order valence-corrected chi connectivity index (χ0v) is 15.5. The molecule has 0 saturated heterocycles. The highest BCUT2D eigenvalue weighted by Crippen LogP contribution is 2.20. The Morgan fingerprint density at radius 2 is 1.75 bits per heavy atom. The molecule has 0 radical (unpaired) electrons. The van der Waals surface area contributed by atoms with Crippen LogP contribution in [0.4, 0.5) is 5.95 Å². The Labute approximate surface area is 141 Å². The molecule has 0 atom stereocenters. The maximum absolute atomic E-state index is 12.6. The first-order valence-corrected chi connectivity index (χ1v) is 8.58. The fourth-order valence-corrected chi connectivity index (χ4v) is 3.00. The zero-order chi connectivity index (χ0) is 18.0. The highest BCUT2D eigenvalue weighted by molar-refractivity contribution is 5.74. The largest absolute Gasteiger partial charge is 0.350 e. The first-order chi connectivity index (χ1) is 11.3. The first kappa shape index (κ1) is 18.3. The molecule has 0 unspecified atom stereocenters. The standard InChI is InChI=1S/C16H28N6O2/c1-7-21(8-2)10-9-17-15-18-13-12(22(15)11(3)4)14(23)20(6)16(24)19(13)5/h11H,7-10H2,1-6H3,(H,17,18)/p+1. The lowest BCUT2D eigenvalue weighted by atomic mass is 10.3. The highest BCUT2D eigenvalue weighted by atomic mass is 16.2. The molecule has 2 rings (SSSR count). The van der Waals surface area contributed by atoms with Gasteiger partial charge < -0.3 is 14.8 Å². The lowest BCUT2D eigenvalue weighted by molar-refractivity contribution is -0.894. The number of anilines is 1. The van der Waals surface area contributed by atoms with Crippen LogP contribution in [0.5, 0.6) is 0 Å². The van der Waals surface area contributed by atoms with Gasteiger partial charge in [0.1, 0.15) is 0 Å². The van der Waals surface area contributed by atoms with E-state index in [0.29, 0.717) is 17.1 Å². The van der Waals surface area contributed by atoms with Crippen LogP contribution in [0, 0.1) is 0 Å². The second-order valence-corrected chi connectivity index (χ2v) is 6.41. The molecule has 8 heteroatoms. The predicted molar refractivity (Wildman–Crippen MR) is 96.0 cm³/mol. The molecule has 2 aromatic heterocycles. The third-order valence-corrected chi connectivity index (χ3v) is 4.57. The van der Waals surface area contributed by atoms with Crippen molar-refractivity contribution in [3.05, 3.63) is 20.8 Å². The number of hydrogen-bond acceptors (Lipinski definition) is 4. The van der Waals surface area contributed by atoms with Crippen LogP contribution < -0.4 is 21.5 Å². The van der Waals surface area contributed by atoms with E-state index in [-0.39, 0.29) is 17.3 Å². The molecule has 24 heavy (non-hydrogen) atoms. The Kier molecular flexibility index (Phi) is 5.48. The molecule has 134 valence electrons. The Balaban J connectivity index is 2.49. The fraction of sp³-hybridized carbons (Fsp3) is 0.688. The molecule has 0 spiro atoms. The molecular formula is C16H29N6O2+. The maximum atomic E-state index is 12.6. The molecule has 2 heterocycles. The summed E-state index contributed by atoms with van der Waals surface area (Å²) in [6, 6.07) is 0.0588. The van der Waals surface area contributed by atoms with Crippen molar-refractivity contribution in [1.29, 1.82) is 0 Å². The molecule has 0 aliphatic heterocycles. The second-order valence-electron chi connectivity index (χ2n) is 6.41. The SMILES string of the molecule is CC[NH+](CC)CCNc1nc2c(c(=O)n(C)c(=O)n2C)n1C(C)C. The predicted octanol–water partition coefficient (Wildman–Crippen LogP) is -0.649. The van der Waals surface area contributed by atoms with Gasteiger partial charge in [0.25, 0.3) is 5.56 Å². The van der Waals surface area contributed by atoms with Crippen molar-refractivity contribution in [1.82, 2.24) is 18.7 Å². The molecule has 8 nitrogen and oxygen atoms in total. The first-order valence-electron chi connectivity index (χ1n) is 8.58. The van der Waals surface area contributed by atoms with Crippen LogP contribution >= 0.6 is 0 Å². The van der Waals surface area contributed by atoms with E-state index >= 15 is 0 Å². The minimum atomic E-state index is -0.361. The van der Waals surface area contributed by atoms with E-state index in [1.54, 1.807) is 7.05 Å². The number of rotatable bonds is 7. The van der Waals surface area contributed by atoms with Crippen molar-refractivity contribution in [3.8, 4) is 0 Å². The summed E-state index contributed by atoms with van der Waals surface area (Å²) in [7, 11) is 3.14. The Bertz CT molecular complexity index is 826. The highest BCUT2D eigenvalue weighted by Gasteiger charge is 2.20. The summed E-state index contributed by atoms with van der Waals surface area (Å²) in [4.78, 5) is 30.7. The number of nitrogens with one attached hydrogen (secondary N) is 2. The van der Waals surface area contributed by atoms with Crippen molar-refractivity contribution >= 4 is 17.1 Å². The Morgan fingerprint density at radius 1 is 1.12 bits per heavy atom. The number of aryl methyl sites for hydroxylation is 1. The van der Waals surface area contributed by atoms with Crippen LogP contribution in [-0.2, 0) is 14.1 Å². The van der Waals surface area contributed by atoms with Gasteiger partial charge in [-0.2, -0.15) is 4.98 Å². The van der Waals surface area contributed by atoms with Crippen molar-refractivity contribution in [2.24, 2.45) is 14.1 Å². The van der Waals surface area contributed by atoms with Crippen LogP contribution in [0.1, 0.15) is 33.7 Å². The summed E-state index contributed by atoms with van der Waals surface area (Å²) in [5, 5.41) is 3.34. The Morgan fingerprint density at radius 3 is 2.29 bits per heavy atom. The quantitative estimate of drug-likeness (QED) is 0.704. The van der Waals surface area contributed by atoms with Gasteiger partial charge in [-0.15, -0.1) is 0 Å². The molecule has 2 N–H and O–H groups in total. The van der Waals surface area contributed by atoms with Gasteiger partial charge in [-0.05, 0) is 27.7 Å². The fourth-order valence-electron chi connectivity index (χ4n) is 3.00. The topological polar surface area (TPSA) is 78.3 Å². The number of fused-ring (bicyclic) bond motifs is 1. The van der Waals surface area contributed by atoms with Gasteiger partial charge in [-0.25, -0.2) is 4.79 Å². The average molecular weight is 337 g/mol. The number of likely N-dealkylation sites (N-methyl/N-ethyl adjacent to an activating group) is 1. The van der Waals surface area contributed by atoms with Crippen LogP contribution in [0.15, 0.2) is 9.59 Å². The minimum Gasteiger partial charge on any atom is -0.350 e. The van der Waals surface area contributed by atoms with E-state index in [2.05, 4.69) is 24.1 Å². The van der Waals surface area contributed by atoms with E-state index in [4.69, 9.17) is 0 Å². The van der Waals surface area contributed by atoms with Crippen molar-refractivity contribution in [2.45, 2.75) is 33.7 Å². The molecular weight excluding hydrogens is 308 g/mol. The molecule has 0 aromatic carbocycles. The van der Waals surface area contributed by atoms with Crippen LogP contribution in [0.2, 0.25) is 0 Å². The van der Waals surface area contributed by atoms with Gasteiger partial charge in [0.15, 0.2) is 11.2 Å². The molecule has 2 aromatic rings. The van der Waals surface area contributed by atoms with Gasteiger partial charge >= 0.3 is 5.69 Å². The number of quaternary nitrogens is 1. The van der Waals surface area contributed by atoms with Gasteiger partial charge in [0.2, 0.25) is 5.95 Å². The van der Waals surface area contributed by atoms with E-state index < -0.39 is 0 Å². The van der Waals surface area contributed by atoms with Gasteiger partial charge in [0, 0.05) is 20.1 Å². The van der Waals surface area contributed by atoms with Gasteiger partial charge in [-0.3, -0.25) is 13.9 Å². The molecule has 0 aliphatic rings. The Hall–Kier alpha value is -2.09. The molecule has 0 saturated carbocycles. The minimum absolute atomic E-state index is 0.0588. The van der Waals surface area contributed by atoms with E-state index in [9.17, 15) is 9.59 Å². The molecule has 0 aliphatic carbocycles. The number of nitrogens with zero attached hydrogens (tertiary/aromatic N) is 4. The second kappa shape index (κ2) is 7.21. The normalized spacial score (nSPS) is 11.8. The monoisotopic (exact) mass is 337 g/mol. The number of hydrogen-bond donors (Lipinski definition) is 2. The van der Waals surface area contributed by atoms with E-state index in [0.717, 1.165) is 30.7 Å². The maximum Gasteiger partial charge on any atom is 0.332 e. The van der Waals surface area contributed by atoms with Crippen LogP contribution in [-0.4, -0.2) is 44.9 Å². The number of imidazole rings is 1. The summed E-state index contributed by atoms with van der Waals surface area (Å²) in [6.07, 6.45) is 0. The van der Waals surface area contributed by atoms with E-state index in [1.165, 1.54) is 16.5 Å². The molecule has 0 amide bonds. The van der Waals surface area contributed by atoms with Crippen molar-refractivity contribution in [2.75, 3.05) is 31.5 Å². The number of aromatic nitrogens is 4. The summed E-state index contributed by atoms with van der Waals surface area (Å²) in [6.45, 7) is 12.2. The lowest BCUT2D eigenvalue weighted by Gasteiger charge is -2.17. The summed E-state index contributed by atoms with van der Waals surface area (Å²) >= 11 is 0. The van der Waals surface area contributed by atoms with E-state index in [1.807, 2.05) is 18.4 Å². The third kappa shape index (κ3) is 3.10. The lowest BCUT2D eigenvalue weighted by Crippen LogP contribution is -3.12. The van der Waals surface area contributed by atoms with Gasteiger partial charge in [-0.1, -0.05) is 0 Å². The summed E-state index contributed by atoms with van der Waals surface area (Å²) in [5.41, 5.74) is 0.221.